The number of aliphatic hydroxyl groups is 2. The van der Waals surface area contributed by atoms with Gasteiger partial charge >= 0.3 is 0 Å². The number of rotatable bonds is 5. The Hall–Kier alpha value is -1.79. The van der Waals surface area contributed by atoms with Crippen LogP contribution in [0.25, 0.3) is 5.70 Å². The summed E-state index contributed by atoms with van der Waals surface area (Å²) in [5.74, 6) is 0.170. The number of imidazole rings is 1. The number of aliphatic hydroxyl groups excluding tert-OH is 2. The van der Waals surface area contributed by atoms with Gasteiger partial charge < -0.3 is 20.0 Å². The number of nitrogens with zero attached hydrogens (tertiary/aromatic N) is 4. The fourth-order valence-electron chi connectivity index (χ4n) is 2.74. The van der Waals surface area contributed by atoms with Crippen LogP contribution in [0.4, 0.5) is 0 Å². The summed E-state index contributed by atoms with van der Waals surface area (Å²) in [5, 5.41) is 21.1. The molecule has 0 saturated carbocycles. The van der Waals surface area contributed by atoms with Crippen molar-refractivity contribution in [3.05, 3.63) is 35.8 Å². The van der Waals surface area contributed by atoms with Crippen LogP contribution in [0.3, 0.4) is 0 Å². The second-order valence-electron chi connectivity index (χ2n) is 6.17. The Morgan fingerprint density at radius 1 is 1.27 bits per heavy atom. The molecule has 1 aromatic rings. The van der Waals surface area contributed by atoms with E-state index in [2.05, 4.69) is 4.90 Å². The van der Waals surface area contributed by atoms with Gasteiger partial charge in [-0.15, -0.1) is 0 Å². The Morgan fingerprint density at radius 3 is 2.50 bits per heavy atom. The highest BCUT2D eigenvalue weighted by Crippen LogP contribution is 2.32. The van der Waals surface area contributed by atoms with Gasteiger partial charge in [0.25, 0.3) is 0 Å². The third kappa shape index (κ3) is 3.18. The molecule has 0 spiro atoms. The van der Waals surface area contributed by atoms with Crippen molar-refractivity contribution in [2.75, 3.05) is 27.2 Å². The number of hydrogen-bond donors (Lipinski definition) is 2. The van der Waals surface area contributed by atoms with Crippen LogP contribution in [0.2, 0.25) is 0 Å². The van der Waals surface area contributed by atoms with Crippen molar-refractivity contribution >= 4 is 5.70 Å². The highest BCUT2D eigenvalue weighted by molar-refractivity contribution is 5.62. The van der Waals surface area contributed by atoms with Crippen LogP contribution in [-0.2, 0) is 7.05 Å². The minimum atomic E-state index is -0.849. The fourth-order valence-corrected chi connectivity index (χ4v) is 2.74. The van der Waals surface area contributed by atoms with E-state index in [0.717, 1.165) is 29.8 Å². The molecule has 2 rings (SSSR count). The molecule has 0 bridgehead atoms. The Balaban J connectivity index is 2.29. The molecule has 6 nitrogen and oxygen atoms in total. The monoisotopic (exact) mass is 307 g/mol. The summed E-state index contributed by atoms with van der Waals surface area (Å²) >= 11 is 0. The van der Waals surface area contributed by atoms with Gasteiger partial charge in [0, 0.05) is 17.7 Å². The third-order valence-electron chi connectivity index (χ3n) is 4.15. The first-order valence-electron chi connectivity index (χ1n) is 7.57. The molecule has 2 heterocycles. The lowest BCUT2D eigenvalue weighted by atomic mass is 10.0. The first-order valence-corrected chi connectivity index (χ1v) is 7.57. The summed E-state index contributed by atoms with van der Waals surface area (Å²) in [7, 11) is 5.97. The van der Waals surface area contributed by atoms with Gasteiger partial charge in [0.1, 0.15) is 12.4 Å². The number of aryl methyl sites for hydroxylation is 1. The van der Waals surface area contributed by atoms with Gasteiger partial charge in [-0.05, 0) is 40.9 Å². The van der Waals surface area contributed by atoms with Crippen LogP contribution in [0.5, 0.6) is 0 Å². The zero-order valence-electron chi connectivity index (χ0n) is 14.1. The second-order valence-corrected chi connectivity index (χ2v) is 6.17. The maximum atomic E-state index is 10.7. The molecule has 0 fully saturated rings. The van der Waals surface area contributed by atoms with Gasteiger partial charge in [0.15, 0.2) is 17.8 Å². The normalized spacial score (nSPS) is 19.6. The minimum absolute atomic E-state index is 0.170. The van der Waals surface area contributed by atoms with Crippen molar-refractivity contribution in [3.63, 3.8) is 0 Å². The SMILES string of the molecule is CC1=C(O)N(CCCN(C)C)C(O)C(n2cc[n+](C)c2)=C1C. The second kappa shape index (κ2) is 6.54. The Bertz CT molecular complexity index is 601. The van der Waals surface area contributed by atoms with Crippen LogP contribution >= 0.6 is 0 Å². The van der Waals surface area contributed by atoms with Gasteiger partial charge in [-0.25, -0.2) is 9.13 Å². The Kier molecular flexibility index (Phi) is 4.93. The highest BCUT2D eigenvalue weighted by atomic mass is 16.3. The van der Waals surface area contributed by atoms with Gasteiger partial charge in [0.2, 0.25) is 6.33 Å². The van der Waals surface area contributed by atoms with Crippen molar-refractivity contribution in [1.82, 2.24) is 14.4 Å². The molecule has 0 aliphatic carbocycles. The van der Waals surface area contributed by atoms with E-state index in [4.69, 9.17) is 0 Å². The third-order valence-corrected chi connectivity index (χ3v) is 4.15. The van der Waals surface area contributed by atoms with Crippen molar-refractivity contribution in [3.8, 4) is 0 Å². The summed E-state index contributed by atoms with van der Waals surface area (Å²) in [5.41, 5.74) is 2.51. The van der Waals surface area contributed by atoms with Crippen molar-refractivity contribution < 1.29 is 14.8 Å². The lowest BCUT2D eigenvalue weighted by Crippen LogP contribution is -2.42. The lowest BCUT2D eigenvalue weighted by Gasteiger charge is -2.34. The van der Waals surface area contributed by atoms with Crippen LogP contribution < -0.4 is 4.57 Å². The molecular formula is C16H27N4O2+. The van der Waals surface area contributed by atoms with Crippen molar-refractivity contribution in [1.29, 1.82) is 0 Å². The maximum Gasteiger partial charge on any atom is 0.248 e. The quantitative estimate of drug-likeness (QED) is 0.794. The molecule has 0 aromatic carbocycles. The standard InChI is InChI=1S/C16H26N4O2/c1-12-13(2)15(21)20(8-6-7-17(3)4)16(22)14(12)19-10-9-18(5)11-19/h9-11,16,22H,6-8H2,1-5H3/p+1. The van der Waals surface area contributed by atoms with Crippen LogP contribution in [-0.4, -0.2) is 58.0 Å². The predicted octanol–water partition coefficient (Wildman–Crippen LogP) is 0.919. The van der Waals surface area contributed by atoms with E-state index in [0.29, 0.717) is 6.54 Å². The molecule has 6 heteroatoms. The minimum Gasteiger partial charge on any atom is -0.494 e. The zero-order valence-corrected chi connectivity index (χ0v) is 14.1. The first-order chi connectivity index (χ1) is 10.3. The van der Waals surface area contributed by atoms with E-state index in [-0.39, 0.29) is 5.88 Å². The van der Waals surface area contributed by atoms with Gasteiger partial charge in [-0.3, -0.25) is 0 Å². The predicted molar refractivity (Wildman–Crippen MR) is 85.7 cm³/mol. The summed E-state index contributed by atoms with van der Waals surface area (Å²) in [6, 6.07) is 0. The smallest absolute Gasteiger partial charge is 0.248 e. The topological polar surface area (TPSA) is 55.8 Å². The molecule has 2 N–H and O–H groups in total. The average Bonchev–Trinajstić information content (AvgIpc) is 2.86. The van der Waals surface area contributed by atoms with Gasteiger partial charge in [-0.1, -0.05) is 0 Å². The summed E-state index contributed by atoms with van der Waals surface area (Å²) in [6.45, 7) is 5.33. The Morgan fingerprint density at radius 2 is 1.95 bits per heavy atom. The Labute approximate surface area is 132 Å². The summed E-state index contributed by atoms with van der Waals surface area (Å²) in [6.07, 6.45) is 5.77. The first kappa shape index (κ1) is 16.6. The summed E-state index contributed by atoms with van der Waals surface area (Å²) < 4.78 is 3.84. The molecule has 1 atom stereocenters. The van der Waals surface area contributed by atoms with Gasteiger partial charge in [-0.2, -0.15) is 0 Å². The van der Waals surface area contributed by atoms with Gasteiger partial charge in [0.05, 0.1) is 7.05 Å². The van der Waals surface area contributed by atoms with E-state index < -0.39 is 6.23 Å². The maximum absolute atomic E-state index is 10.7. The fraction of sp³-hybridized carbons (Fsp3) is 0.562. The molecule has 1 unspecified atom stereocenters. The van der Waals surface area contributed by atoms with Crippen LogP contribution in [0.15, 0.2) is 35.8 Å². The van der Waals surface area contributed by atoms with Crippen molar-refractivity contribution in [2.24, 2.45) is 7.05 Å². The van der Waals surface area contributed by atoms with E-state index in [1.807, 2.05) is 62.8 Å². The number of aromatic nitrogens is 2. The molecule has 122 valence electrons. The molecule has 0 saturated heterocycles. The summed E-state index contributed by atoms with van der Waals surface area (Å²) in [4.78, 5) is 3.76. The van der Waals surface area contributed by atoms with Crippen LogP contribution in [0.1, 0.15) is 20.3 Å². The zero-order chi connectivity index (χ0) is 16.4. The van der Waals surface area contributed by atoms with E-state index in [9.17, 15) is 10.2 Å². The van der Waals surface area contributed by atoms with E-state index in [1.165, 1.54) is 0 Å². The molecule has 1 aromatic heterocycles. The highest BCUT2D eigenvalue weighted by Gasteiger charge is 2.34. The number of allylic oxidation sites excluding steroid dienone is 2. The molecule has 1 aliphatic heterocycles. The molecule has 0 radical (unpaired) electrons. The molecule has 0 amide bonds. The van der Waals surface area contributed by atoms with E-state index >= 15 is 0 Å². The van der Waals surface area contributed by atoms with E-state index in [1.54, 1.807) is 4.90 Å². The molecule has 22 heavy (non-hydrogen) atoms. The number of hydrogen-bond acceptors (Lipinski definition) is 4. The largest absolute Gasteiger partial charge is 0.494 e. The molecule has 1 aliphatic rings. The average molecular weight is 307 g/mol. The molecular weight excluding hydrogens is 280 g/mol. The lowest BCUT2D eigenvalue weighted by molar-refractivity contribution is -0.670. The van der Waals surface area contributed by atoms with Crippen molar-refractivity contribution in [2.45, 2.75) is 26.5 Å². The van der Waals surface area contributed by atoms with Crippen LogP contribution in [0, 0.1) is 0 Å².